The van der Waals surface area contributed by atoms with Crippen molar-refractivity contribution in [1.82, 2.24) is 9.55 Å². The van der Waals surface area contributed by atoms with Gasteiger partial charge in [0.1, 0.15) is 0 Å². The minimum atomic E-state index is -4.20. The predicted molar refractivity (Wildman–Crippen MR) is 76.4 cm³/mol. The van der Waals surface area contributed by atoms with E-state index in [1.165, 1.54) is 13.2 Å². The Bertz CT molecular complexity index is 794. The van der Waals surface area contributed by atoms with Crippen molar-refractivity contribution in [2.45, 2.75) is 6.54 Å². The number of allylic oxidation sites excluding steroid dienone is 1. The average molecular weight is 311 g/mol. The summed E-state index contributed by atoms with van der Waals surface area (Å²) in [7, 11) is -2.97. The molecule has 1 aromatic heterocycles. The number of nitrogens with zero attached hydrogens (tertiary/aromatic N) is 2. The standard InChI is InChI=1S/C12H13N3O5S/c1-20-12(16)14-11-13-9-5-2-3-6-10(9)15(11)7-4-8-21(17,18)19/h2-6,8H,7H2,1H3,(H,13,14,16)(H,17,18,19)/b8-4+. The van der Waals surface area contributed by atoms with Crippen LogP contribution in [0.5, 0.6) is 0 Å². The molecule has 8 nitrogen and oxygen atoms in total. The highest BCUT2D eigenvalue weighted by atomic mass is 32.2. The highest BCUT2D eigenvalue weighted by molar-refractivity contribution is 7.88. The molecule has 0 saturated carbocycles. The second-order valence-electron chi connectivity index (χ2n) is 4.04. The maximum absolute atomic E-state index is 11.3. The Kier molecular flexibility index (Phi) is 4.24. The fraction of sp³-hybridized carbons (Fsp3) is 0.167. The lowest BCUT2D eigenvalue weighted by molar-refractivity contribution is 0.186. The number of nitrogens with one attached hydrogen (secondary N) is 1. The number of para-hydroxylation sites is 2. The molecule has 0 aliphatic carbocycles. The summed E-state index contributed by atoms with van der Waals surface area (Å²) in [5.41, 5.74) is 1.33. The lowest BCUT2D eigenvalue weighted by atomic mass is 10.3. The zero-order valence-corrected chi connectivity index (χ0v) is 11.9. The van der Waals surface area contributed by atoms with Gasteiger partial charge in [-0.2, -0.15) is 8.42 Å². The first-order valence-electron chi connectivity index (χ1n) is 5.85. The first kappa shape index (κ1) is 15.0. The van der Waals surface area contributed by atoms with E-state index in [-0.39, 0.29) is 12.5 Å². The summed E-state index contributed by atoms with van der Waals surface area (Å²) < 4.78 is 36.1. The zero-order chi connectivity index (χ0) is 15.5. The molecule has 0 aliphatic heterocycles. The van der Waals surface area contributed by atoms with Gasteiger partial charge in [-0.3, -0.25) is 9.87 Å². The number of benzene rings is 1. The van der Waals surface area contributed by atoms with E-state index in [2.05, 4.69) is 15.0 Å². The van der Waals surface area contributed by atoms with Gasteiger partial charge in [-0.15, -0.1) is 0 Å². The fourth-order valence-corrected chi connectivity index (χ4v) is 2.10. The van der Waals surface area contributed by atoms with Crippen molar-refractivity contribution >= 4 is 33.2 Å². The highest BCUT2D eigenvalue weighted by Gasteiger charge is 2.12. The minimum Gasteiger partial charge on any atom is -0.453 e. The third-order valence-corrected chi connectivity index (χ3v) is 3.15. The van der Waals surface area contributed by atoms with Crippen molar-refractivity contribution in [2.24, 2.45) is 0 Å². The molecule has 21 heavy (non-hydrogen) atoms. The van der Waals surface area contributed by atoms with Crippen molar-refractivity contribution in [3.05, 3.63) is 35.7 Å². The van der Waals surface area contributed by atoms with Crippen molar-refractivity contribution in [2.75, 3.05) is 12.4 Å². The first-order chi connectivity index (χ1) is 9.90. The molecule has 1 amide bonds. The van der Waals surface area contributed by atoms with Gasteiger partial charge >= 0.3 is 6.09 Å². The minimum absolute atomic E-state index is 0.0969. The van der Waals surface area contributed by atoms with E-state index in [0.717, 1.165) is 0 Å². The van der Waals surface area contributed by atoms with E-state index in [1.807, 2.05) is 0 Å². The number of anilines is 1. The summed E-state index contributed by atoms with van der Waals surface area (Å²) in [6.07, 6.45) is 0.552. The van der Waals surface area contributed by atoms with Gasteiger partial charge in [0.2, 0.25) is 5.95 Å². The van der Waals surface area contributed by atoms with Crippen LogP contribution in [0.1, 0.15) is 0 Å². The molecule has 0 atom stereocenters. The number of fused-ring (bicyclic) bond motifs is 1. The summed E-state index contributed by atoms with van der Waals surface area (Å²) >= 11 is 0. The van der Waals surface area contributed by atoms with Crippen molar-refractivity contribution in [3.8, 4) is 0 Å². The topological polar surface area (TPSA) is 111 Å². The second-order valence-corrected chi connectivity index (χ2v) is 5.34. The number of aromatic nitrogens is 2. The monoisotopic (exact) mass is 311 g/mol. The third kappa shape index (κ3) is 3.80. The Morgan fingerprint density at radius 3 is 2.86 bits per heavy atom. The predicted octanol–water partition coefficient (Wildman–Crippen LogP) is 1.62. The third-order valence-electron chi connectivity index (χ3n) is 2.61. The zero-order valence-electron chi connectivity index (χ0n) is 11.1. The number of carbonyl (C=O) groups excluding carboxylic acids is 1. The van der Waals surface area contributed by atoms with Crippen LogP contribution in [0.2, 0.25) is 0 Å². The normalized spacial score (nSPS) is 11.9. The first-order valence-corrected chi connectivity index (χ1v) is 7.35. The van der Waals surface area contributed by atoms with E-state index in [4.69, 9.17) is 4.55 Å². The number of ether oxygens (including phenoxy) is 1. The highest BCUT2D eigenvalue weighted by Crippen LogP contribution is 2.19. The lowest BCUT2D eigenvalue weighted by Gasteiger charge is -2.06. The van der Waals surface area contributed by atoms with Crippen LogP contribution in [0.4, 0.5) is 10.7 Å². The number of amides is 1. The Labute approximate surface area is 120 Å². The summed E-state index contributed by atoms with van der Waals surface area (Å²) in [5.74, 6) is 0.211. The van der Waals surface area contributed by atoms with Crippen LogP contribution in [0.15, 0.2) is 35.7 Å². The molecule has 1 heterocycles. The van der Waals surface area contributed by atoms with E-state index in [1.54, 1.807) is 28.8 Å². The molecule has 0 bridgehead atoms. The van der Waals surface area contributed by atoms with Crippen LogP contribution in [0, 0.1) is 0 Å². The molecule has 2 aromatic rings. The molecule has 2 rings (SSSR count). The van der Waals surface area contributed by atoms with Gasteiger partial charge in [0.25, 0.3) is 10.1 Å². The molecule has 9 heteroatoms. The van der Waals surface area contributed by atoms with E-state index < -0.39 is 16.2 Å². The van der Waals surface area contributed by atoms with Crippen LogP contribution in [0.25, 0.3) is 11.0 Å². The molecular formula is C12H13N3O5S. The molecule has 0 unspecified atom stereocenters. The number of rotatable bonds is 4. The quantitative estimate of drug-likeness (QED) is 0.830. The van der Waals surface area contributed by atoms with Crippen molar-refractivity contribution < 1.29 is 22.5 Å². The maximum Gasteiger partial charge on any atom is 0.413 e. The molecule has 0 fully saturated rings. The molecule has 2 N–H and O–H groups in total. The van der Waals surface area contributed by atoms with Crippen molar-refractivity contribution in [1.29, 1.82) is 0 Å². The average Bonchev–Trinajstić information content (AvgIpc) is 2.75. The van der Waals surface area contributed by atoms with Gasteiger partial charge < -0.3 is 9.30 Å². The Hall–Kier alpha value is -2.39. The summed E-state index contributed by atoms with van der Waals surface area (Å²) in [6, 6.07) is 7.09. The van der Waals surface area contributed by atoms with Gasteiger partial charge in [-0.25, -0.2) is 9.78 Å². The number of methoxy groups -OCH3 is 1. The van der Waals surface area contributed by atoms with E-state index in [0.29, 0.717) is 16.4 Å². The van der Waals surface area contributed by atoms with Crippen molar-refractivity contribution in [3.63, 3.8) is 0 Å². The van der Waals surface area contributed by atoms with Crippen LogP contribution < -0.4 is 5.32 Å². The molecule has 0 saturated heterocycles. The van der Waals surface area contributed by atoms with E-state index >= 15 is 0 Å². The van der Waals surface area contributed by atoms with Gasteiger partial charge in [0.05, 0.1) is 23.6 Å². The number of hydrogen-bond donors (Lipinski definition) is 2. The largest absolute Gasteiger partial charge is 0.453 e. The molecular weight excluding hydrogens is 298 g/mol. The Morgan fingerprint density at radius 2 is 2.19 bits per heavy atom. The second kappa shape index (κ2) is 5.94. The molecule has 1 aromatic carbocycles. The van der Waals surface area contributed by atoms with Gasteiger partial charge in [-0.1, -0.05) is 18.2 Å². The molecule has 0 aliphatic rings. The number of carbonyl (C=O) groups is 1. The lowest BCUT2D eigenvalue weighted by Crippen LogP contribution is -2.15. The Morgan fingerprint density at radius 1 is 1.48 bits per heavy atom. The Balaban J connectivity index is 2.40. The van der Waals surface area contributed by atoms with Crippen LogP contribution >= 0.6 is 0 Å². The van der Waals surface area contributed by atoms with Crippen LogP contribution in [-0.2, 0) is 21.4 Å². The smallest absolute Gasteiger partial charge is 0.413 e. The summed E-state index contributed by atoms with van der Waals surface area (Å²) in [6.45, 7) is 0.0969. The maximum atomic E-state index is 11.3. The van der Waals surface area contributed by atoms with Gasteiger partial charge in [0, 0.05) is 6.54 Å². The SMILES string of the molecule is COC(=O)Nc1nc2ccccc2n1C/C=C/S(=O)(=O)O. The molecule has 0 radical (unpaired) electrons. The van der Waals surface area contributed by atoms with E-state index in [9.17, 15) is 13.2 Å². The molecule has 0 spiro atoms. The summed E-state index contributed by atoms with van der Waals surface area (Å²) in [5, 5.41) is 3.11. The number of imidazole rings is 1. The van der Waals surface area contributed by atoms with Gasteiger partial charge in [0.15, 0.2) is 0 Å². The number of hydrogen-bond acceptors (Lipinski definition) is 5. The van der Waals surface area contributed by atoms with Crippen LogP contribution in [0.3, 0.4) is 0 Å². The fourth-order valence-electron chi connectivity index (χ4n) is 1.77. The van der Waals surface area contributed by atoms with Crippen LogP contribution in [-0.4, -0.2) is 35.7 Å². The van der Waals surface area contributed by atoms with Gasteiger partial charge in [-0.05, 0) is 12.1 Å². The molecule has 112 valence electrons. The summed E-state index contributed by atoms with van der Waals surface area (Å²) in [4.78, 5) is 15.5.